The summed E-state index contributed by atoms with van der Waals surface area (Å²) in [5, 5.41) is 0.743. The predicted molar refractivity (Wildman–Crippen MR) is 69.2 cm³/mol. The number of nitrogens with zero attached hydrogens (tertiary/aromatic N) is 2. The Kier molecular flexibility index (Phi) is 4.38. The summed E-state index contributed by atoms with van der Waals surface area (Å²) in [6.07, 6.45) is 2.24. The minimum absolute atomic E-state index is 0.239. The van der Waals surface area contributed by atoms with Crippen molar-refractivity contribution in [2.24, 2.45) is 5.84 Å². The Morgan fingerprint density at radius 2 is 2.39 bits per heavy atom. The number of nitrogen functional groups attached to an aromatic ring is 1. The highest BCUT2D eigenvalue weighted by molar-refractivity contribution is 7.99. The van der Waals surface area contributed by atoms with E-state index in [1.165, 1.54) is 11.8 Å². The standard InChI is InChI=1S/C11H16N4O2S/c1-2-17-10(16)6-18-9-5-8(15-12)13-11(14-9)7-3-4-7/h5,7H,2-4,6,12H2,1H3,(H,13,14,15). The van der Waals surface area contributed by atoms with E-state index < -0.39 is 0 Å². The van der Waals surface area contributed by atoms with Crippen molar-refractivity contribution in [1.82, 2.24) is 9.97 Å². The summed E-state index contributed by atoms with van der Waals surface area (Å²) >= 11 is 1.34. The number of carbonyl (C=O) groups is 1. The third kappa shape index (κ3) is 3.58. The van der Waals surface area contributed by atoms with Gasteiger partial charge in [0.05, 0.1) is 12.4 Å². The maximum atomic E-state index is 11.3. The fourth-order valence-corrected chi connectivity index (χ4v) is 2.15. The van der Waals surface area contributed by atoms with Crippen LogP contribution in [0.3, 0.4) is 0 Å². The lowest BCUT2D eigenvalue weighted by Gasteiger charge is -2.06. The lowest BCUT2D eigenvalue weighted by atomic mass is 10.4. The Balaban J connectivity index is 2.02. The van der Waals surface area contributed by atoms with Crippen molar-refractivity contribution in [1.29, 1.82) is 0 Å². The maximum Gasteiger partial charge on any atom is 0.316 e. The van der Waals surface area contributed by atoms with Crippen LogP contribution >= 0.6 is 11.8 Å². The third-order valence-corrected chi connectivity index (χ3v) is 3.34. The van der Waals surface area contributed by atoms with Gasteiger partial charge in [0.15, 0.2) is 0 Å². The molecule has 6 nitrogen and oxygen atoms in total. The highest BCUT2D eigenvalue weighted by atomic mass is 32.2. The van der Waals surface area contributed by atoms with Gasteiger partial charge in [-0.25, -0.2) is 15.8 Å². The number of rotatable bonds is 6. The first-order valence-corrected chi connectivity index (χ1v) is 6.85. The van der Waals surface area contributed by atoms with Crippen molar-refractivity contribution in [3.63, 3.8) is 0 Å². The van der Waals surface area contributed by atoms with Crippen LogP contribution in [0, 0.1) is 0 Å². The van der Waals surface area contributed by atoms with E-state index in [2.05, 4.69) is 15.4 Å². The second-order valence-electron chi connectivity index (χ2n) is 3.96. The van der Waals surface area contributed by atoms with E-state index in [0.29, 0.717) is 18.3 Å². The predicted octanol–water partition coefficient (Wildman–Crippen LogP) is 1.29. The van der Waals surface area contributed by atoms with Gasteiger partial charge < -0.3 is 10.2 Å². The molecule has 0 unspecified atom stereocenters. The molecule has 2 rings (SSSR count). The fourth-order valence-electron chi connectivity index (χ4n) is 1.45. The van der Waals surface area contributed by atoms with Gasteiger partial charge in [-0.15, -0.1) is 0 Å². The van der Waals surface area contributed by atoms with Crippen LogP contribution in [0.1, 0.15) is 31.5 Å². The minimum Gasteiger partial charge on any atom is -0.465 e. The molecule has 1 saturated carbocycles. The summed E-state index contributed by atoms with van der Waals surface area (Å²) in [5.74, 6) is 7.21. The number of hydrazine groups is 1. The molecule has 0 saturated heterocycles. The number of hydrogen-bond acceptors (Lipinski definition) is 7. The van der Waals surface area contributed by atoms with E-state index >= 15 is 0 Å². The van der Waals surface area contributed by atoms with Crippen molar-refractivity contribution >= 4 is 23.5 Å². The Hall–Kier alpha value is -1.34. The van der Waals surface area contributed by atoms with Crippen molar-refractivity contribution in [3.8, 4) is 0 Å². The molecule has 1 aliphatic rings. The monoisotopic (exact) mass is 268 g/mol. The molecule has 1 aromatic rings. The number of anilines is 1. The maximum absolute atomic E-state index is 11.3. The topological polar surface area (TPSA) is 90.1 Å². The molecule has 1 fully saturated rings. The zero-order chi connectivity index (χ0) is 13.0. The SMILES string of the molecule is CCOC(=O)CSc1cc(NN)nc(C2CC2)n1. The molecule has 0 radical (unpaired) electrons. The number of ether oxygens (including phenoxy) is 1. The number of nitrogens with one attached hydrogen (secondary N) is 1. The van der Waals surface area contributed by atoms with E-state index in [9.17, 15) is 4.79 Å². The lowest BCUT2D eigenvalue weighted by Crippen LogP contribution is -2.11. The first kappa shape index (κ1) is 13.1. The van der Waals surface area contributed by atoms with E-state index in [1.807, 2.05) is 0 Å². The van der Waals surface area contributed by atoms with Crippen LogP contribution in [0.25, 0.3) is 0 Å². The smallest absolute Gasteiger partial charge is 0.316 e. The van der Waals surface area contributed by atoms with Crippen molar-refractivity contribution in [2.45, 2.75) is 30.7 Å². The third-order valence-electron chi connectivity index (χ3n) is 2.45. The highest BCUT2D eigenvalue weighted by Gasteiger charge is 2.27. The second-order valence-corrected chi connectivity index (χ2v) is 4.96. The summed E-state index contributed by atoms with van der Waals surface area (Å²) in [7, 11) is 0. The summed E-state index contributed by atoms with van der Waals surface area (Å²) < 4.78 is 4.87. The molecular formula is C11H16N4O2S. The van der Waals surface area contributed by atoms with Gasteiger partial charge in [0.2, 0.25) is 0 Å². The fraction of sp³-hybridized carbons (Fsp3) is 0.545. The van der Waals surface area contributed by atoms with Gasteiger partial charge in [0, 0.05) is 12.0 Å². The average molecular weight is 268 g/mol. The van der Waals surface area contributed by atoms with Gasteiger partial charge in [-0.3, -0.25) is 4.79 Å². The number of aromatic nitrogens is 2. The molecule has 0 atom stereocenters. The number of esters is 1. The van der Waals surface area contributed by atoms with Crippen LogP contribution in [0.5, 0.6) is 0 Å². The quantitative estimate of drug-likeness (QED) is 0.264. The molecule has 1 aliphatic carbocycles. The Bertz CT molecular complexity index is 437. The minimum atomic E-state index is -0.239. The van der Waals surface area contributed by atoms with Gasteiger partial charge in [-0.1, -0.05) is 11.8 Å². The van der Waals surface area contributed by atoms with Gasteiger partial charge >= 0.3 is 5.97 Å². The zero-order valence-corrected chi connectivity index (χ0v) is 11.0. The molecule has 18 heavy (non-hydrogen) atoms. The molecule has 0 bridgehead atoms. The average Bonchev–Trinajstić information content (AvgIpc) is 3.20. The molecule has 0 aromatic carbocycles. The van der Waals surface area contributed by atoms with E-state index in [-0.39, 0.29) is 11.7 Å². The Morgan fingerprint density at radius 1 is 1.61 bits per heavy atom. The molecule has 3 N–H and O–H groups in total. The normalized spacial score (nSPS) is 14.3. The van der Waals surface area contributed by atoms with E-state index in [4.69, 9.17) is 10.6 Å². The van der Waals surface area contributed by atoms with Crippen molar-refractivity contribution in [2.75, 3.05) is 17.8 Å². The summed E-state index contributed by atoms with van der Waals surface area (Å²) in [4.78, 5) is 20.0. The first-order chi connectivity index (χ1) is 8.72. The van der Waals surface area contributed by atoms with Crippen LogP contribution in [0.4, 0.5) is 5.82 Å². The van der Waals surface area contributed by atoms with Gasteiger partial charge in [0.25, 0.3) is 0 Å². The molecule has 1 heterocycles. The molecular weight excluding hydrogens is 252 g/mol. The second kappa shape index (κ2) is 6.01. The van der Waals surface area contributed by atoms with Gasteiger partial charge in [0.1, 0.15) is 16.7 Å². The van der Waals surface area contributed by atoms with E-state index in [1.54, 1.807) is 13.0 Å². The Labute approximate surface area is 110 Å². The van der Waals surface area contributed by atoms with Crippen LogP contribution in [-0.2, 0) is 9.53 Å². The van der Waals surface area contributed by atoms with Gasteiger partial charge in [-0.05, 0) is 19.8 Å². The molecule has 0 spiro atoms. The van der Waals surface area contributed by atoms with Crippen LogP contribution in [0.15, 0.2) is 11.1 Å². The first-order valence-electron chi connectivity index (χ1n) is 5.87. The molecule has 98 valence electrons. The number of carbonyl (C=O) groups excluding carboxylic acids is 1. The lowest BCUT2D eigenvalue weighted by molar-refractivity contribution is -0.139. The van der Waals surface area contributed by atoms with Crippen molar-refractivity contribution < 1.29 is 9.53 Å². The molecule has 1 aromatic heterocycles. The Morgan fingerprint density at radius 3 is 3.00 bits per heavy atom. The van der Waals surface area contributed by atoms with Crippen LogP contribution in [-0.4, -0.2) is 28.3 Å². The number of thioether (sulfide) groups is 1. The molecule has 7 heteroatoms. The number of hydrogen-bond donors (Lipinski definition) is 2. The van der Waals surface area contributed by atoms with Gasteiger partial charge in [-0.2, -0.15) is 0 Å². The molecule has 0 aliphatic heterocycles. The summed E-state index contributed by atoms with van der Waals surface area (Å²) in [6.45, 7) is 2.18. The highest BCUT2D eigenvalue weighted by Crippen LogP contribution is 2.39. The van der Waals surface area contributed by atoms with Crippen molar-refractivity contribution in [3.05, 3.63) is 11.9 Å². The van der Waals surface area contributed by atoms with E-state index in [0.717, 1.165) is 23.7 Å². The largest absolute Gasteiger partial charge is 0.465 e. The number of nitrogens with two attached hydrogens (primary N) is 1. The van der Waals surface area contributed by atoms with Crippen LogP contribution < -0.4 is 11.3 Å². The summed E-state index contributed by atoms with van der Waals surface area (Å²) in [5.41, 5.74) is 2.52. The molecule has 0 amide bonds. The van der Waals surface area contributed by atoms with Crippen LogP contribution in [0.2, 0.25) is 0 Å². The zero-order valence-electron chi connectivity index (χ0n) is 10.2. The summed E-state index contributed by atoms with van der Waals surface area (Å²) in [6, 6.07) is 1.73.